The molecule has 0 saturated carbocycles. The van der Waals surface area contributed by atoms with Crippen molar-refractivity contribution in [2.75, 3.05) is 39.6 Å². The number of unbranched alkanes of at least 4 members (excludes halogenated alkanes) is 34. The average molecular weight is 1570 g/mol. The molecule has 0 radical (unpaired) electrons. The van der Waals surface area contributed by atoms with E-state index in [4.69, 9.17) is 32.3 Å². The van der Waals surface area contributed by atoms with E-state index < -0.39 is 91.5 Å². The topological polar surface area (TPSA) is 231 Å². The number of esters is 3. The van der Waals surface area contributed by atoms with Crippen LogP contribution in [0.4, 0.5) is 0 Å². The van der Waals surface area contributed by atoms with Crippen molar-refractivity contribution in [2.45, 2.75) is 373 Å². The van der Waals surface area contributed by atoms with Gasteiger partial charge < -0.3 is 34.2 Å². The van der Waals surface area contributed by atoms with Crippen molar-refractivity contribution >= 4 is 33.6 Å². The number of hydrogen-bond acceptors (Lipinski definition) is 14. The van der Waals surface area contributed by atoms with Gasteiger partial charge in [-0.05, 0) is 148 Å². The fraction of sp³-hybridized carbons (Fsp3) is 0.703. The molecule has 0 aromatic carbocycles. The number of phosphoric acid groups is 2. The highest BCUT2D eigenvalue weighted by atomic mass is 31.2. The van der Waals surface area contributed by atoms with Gasteiger partial charge in [-0.25, -0.2) is 9.13 Å². The molecular weight excluding hydrogens is 1410 g/mol. The first-order valence-electron chi connectivity index (χ1n) is 43.1. The number of rotatable bonds is 81. The number of aliphatic hydroxyl groups is 2. The second-order valence-corrected chi connectivity index (χ2v) is 31.5. The summed E-state index contributed by atoms with van der Waals surface area (Å²) in [7, 11) is -9.81. The van der Waals surface area contributed by atoms with Gasteiger partial charge in [0.05, 0.1) is 26.4 Å². The normalized spacial score (nSPS) is 14.6. The first kappa shape index (κ1) is 104. The van der Waals surface area contributed by atoms with Crippen molar-refractivity contribution in [3.63, 3.8) is 0 Å². The molecule has 0 saturated heterocycles. The molecule has 0 amide bonds. The van der Waals surface area contributed by atoms with Crippen molar-refractivity contribution in [3.8, 4) is 0 Å². The molecule has 0 fully saturated rings. The van der Waals surface area contributed by atoms with Crippen LogP contribution in [0.5, 0.6) is 0 Å². The Kier molecular flexibility index (Phi) is 79.4. The lowest BCUT2D eigenvalue weighted by atomic mass is 10.0. The zero-order valence-corrected chi connectivity index (χ0v) is 70.5. The smallest absolute Gasteiger partial charge is 0.463 e. The van der Waals surface area contributed by atoms with Crippen molar-refractivity contribution in [1.29, 1.82) is 0 Å². The summed E-state index contributed by atoms with van der Waals surface area (Å²) in [5.74, 6) is -1.62. The van der Waals surface area contributed by atoms with E-state index in [1.54, 1.807) is 0 Å². The van der Waals surface area contributed by atoms with Crippen LogP contribution >= 0.6 is 15.6 Å². The molecule has 0 aromatic rings. The third-order valence-electron chi connectivity index (χ3n) is 18.0. The van der Waals surface area contributed by atoms with Gasteiger partial charge in [0, 0.05) is 19.3 Å². The highest BCUT2D eigenvalue weighted by Gasteiger charge is 2.29. The monoisotopic (exact) mass is 1570 g/mol. The number of phosphoric ester groups is 2. The fourth-order valence-corrected chi connectivity index (χ4v) is 13.1. The second kappa shape index (κ2) is 82.9. The number of hydrogen-bond donors (Lipinski definition) is 4. The van der Waals surface area contributed by atoms with Crippen LogP contribution in [0, 0.1) is 0 Å². The fourth-order valence-electron chi connectivity index (χ4n) is 11.5. The molecule has 0 aliphatic heterocycles. The summed E-state index contributed by atoms with van der Waals surface area (Å²) in [5, 5.41) is 20.7. The minimum atomic E-state index is -4.95. The van der Waals surface area contributed by atoms with Gasteiger partial charge in [0.2, 0.25) is 0 Å². The van der Waals surface area contributed by atoms with E-state index in [0.717, 1.165) is 148 Å². The number of carbonyl (C=O) groups is 3. The molecule has 0 aliphatic rings. The summed E-state index contributed by atoms with van der Waals surface area (Å²) in [6.45, 7) is 2.49. The number of carbonyl (C=O) groups excluding carboxylic acids is 3. The van der Waals surface area contributed by atoms with Crippen LogP contribution in [0.1, 0.15) is 355 Å². The molecule has 18 heteroatoms. The molecule has 16 nitrogen and oxygen atoms in total. The molecule has 0 bridgehead atoms. The van der Waals surface area contributed by atoms with Gasteiger partial charge >= 0.3 is 33.6 Å². The summed E-state index contributed by atoms with van der Waals surface area (Å²) >= 11 is 0. The predicted octanol–water partition coefficient (Wildman–Crippen LogP) is 26.0. The largest absolute Gasteiger partial charge is 0.472 e. The SMILES string of the molecule is CC/C=C\C/C=C\C/C=C\C/C=C\C/C=C\C/C=C\CCCCCCC(=O)OCC(COP(=O)(O)OCC(O)COP(=O)(O)OCC(O)COC(=O)CCCCCCCCCCCCCCCCCCCCC/C=C\C/C=C\C/C=C\C/C=C\CCCCC)OC(=O)CCCCCCC/C=C\C/C=C\CCCCC. The average Bonchev–Trinajstić information content (AvgIpc) is 0.916. The Bertz CT molecular complexity index is 2560. The van der Waals surface area contributed by atoms with E-state index >= 15 is 0 Å². The molecule has 626 valence electrons. The molecule has 0 aliphatic carbocycles. The summed E-state index contributed by atoms with van der Waals surface area (Å²) in [6, 6.07) is 0. The first-order chi connectivity index (χ1) is 53.2. The summed E-state index contributed by atoms with van der Waals surface area (Å²) in [6.07, 6.45) is 103. The quantitative estimate of drug-likeness (QED) is 0.0146. The van der Waals surface area contributed by atoms with E-state index in [9.17, 15) is 43.5 Å². The summed E-state index contributed by atoms with van der Waals surface area (Å²) in [5.41, 5.74) is 0. The van der Waals surface area contributed by atoms with Gasteiger partial charge in [0.25, 0.3) is 0 Å². The van der Waals surface area contributed by atoms with Crippen molar-refractivity contribution in [2.24, 2.45) is 0 Å². The zero-order valence-electron chi connectivity index (χ0n) is 68.7. The first-order valence-corrected chi connectivity index (χ1v) is 46.1. The van der Waals surface area contributed by atoms with Gasteiger partial charge in [-0.2, -0.15) is 0 Å². The second-order valence-electron chi connectivity index (χ2n) is 28.6. The van der Waals surface area contributed by atoms with Crippen molar-refractivity contribution in [3.05, 3.63) is 146 Å². The Morgan fingerprint density at radius 3 is 0.771 bits per heavy atom. The minimum Gasteiger partial charge on any atom is -0.463 e. The highest BCUT2D eigenvalue weighted by Crippen LogP contribution is 2.45. The lowest BCUT2D eigenvalue weighted by Crippen LogP contribution is -2.30. The number of allylic oxidation sites excluding steroid dienone is 24. The Morgan fingerprint density at radius 2 is 0.486 bits per heavy atom. The van der Waals surface area contributed by atoms with Crippen LogP contribution in [0.2, 0.25) is 0 Å². The number of aliphatic hydroxyl groups excluding tert-OH is 2. The standard InChI is InChI=1S/C91H156O16P2/c1-4-7-10-13-16-19-22-25-28-30-32-34-36-37-38-39-40-41-42-43-44-45-46-47-49-51-52-54-57-59-62-65-68-71-74-77-89(94)101-80-86(92)81-103-108(97,98)104-82-87(93)83-105-109(99,100)106-85-88(107-91(96)79-76-73-70-67-64-61-56-27-24-21-18-15-12-9-6-3)84-102-90(95)78-75-72-69-66-63-60-58-55-53-50-48-35-33-31-29-26-23-20-17-14-11-8-5-2/h8,11,16-21,25-29,32-35,37-38,50,53,56,58,60,86-88,92-93H,4-7,9-10,12-15,22-24,30-31,36,39-49,51-52,54-55,57,59,61-85H2,1-3H3,(H,97,98)(H,99,100)/b11-8-,19-16-,20-17-,21-18-,28-25-,29-26-,34-32-,35-33-,38-37-,53-50-,56-27-,60-58-. The van der Waals surface area contributed by atoms with Crippen molar-refractivity contribution in [1.82, 2.24) is 0 Å². The van der Waals surface area contributed by atoms with E-state index in [1.165, 1.54) is 148 Å². The summed E-state index contributed by atoms with van der Waals surface area (Å²) < 4.78 is 61.2. The molecule has 5 atom stereocenters. The Morgan fingerprint density at radius 1 is 0.266 bits per heavy atom. The highest BCUT2D eigenvalue weighted by molar-refractivity contribution is 7.47. The van der Waals surface area contributed by atoms with Gasteiger partial charge in [-0.15, -0.1) is 0 Å². The van der Waals surface area contributed by atoms with Crippen LogP contribution in [0.15, 0.2) is 146 Å². The van der Waals surface area contributed by atoms with Crippen LogP contribution < -0.4 is 0 Å². The Balaban J connectivity index is 4.45. The summed E-state index contributed by atoms with van der Waals surface area (Å²) in [4.78, 5) is 58.7. The number of ether oxygens (including phenoxy) is 3. The molecule has 109 heavy (non-hydrogen) atoms. The maximum atomic E-state index is 13.0. The van der Waals surface area contributed by atoms with Crippen LogP contribution in [0.25, 0.3) is 0 Å². The maximum absolute atomic E-state index is 13.0. The Hall–Kier alpha value is -4.57. The van der Waals surface area contributed by atoms with E-state index in [2.05, 4.69) is 167 Å². The molecule has 0 rings (SSSR count). The van der Waals surface area contributed by atoms with Gasteiger partial charge in [0.15, 0.2) is 6.10 Å². The molecule has 5 unspecified atom stereocenters. The Labute approximate surface area is 664 Å². The van der Waals surface area contributed by atoms with E-state index in [-0.39, 0.29) is 19.3 Å². The van der Waals surface area contributed by atoms with Crippen LogP contribution in [-0.4, -0.2) is 95.9 Å². The third kappa shape index (κ3) is 84.2. The maximum Gasteiger partial charge on any atom is 0.472 e. The van der Waals surface area contributed by atoms with Crippen LogP contribution in [-0.2, 0) is 55.8 Å². The molecule has 0 aromatic heterocycles. The molecule has 4 N–H and O–H groups in total. The van der Waals surface area contributed by atoms with Gasteiger partial charge in [-0.3, -0.25) is 32.5 Å². The van der Waals surface area contributed by atoms with E-state index in [1.807, 2.05) is 0 Å². The third-order valence-corrected chi connectivity index (χ3v) is 19.9. The van der Waals surface area contributed by atoms with Gasteiger partial charge in [-0.1, -0.05) is 334 Å². The van der Waals surface area contributed by atoms with E-state index in [0.29, 0.717) is 19.3 Å². The van der Waals surface area contributed by atoms with Gasteiger partial charge in [0.1, 0.15) is 25.4 Å². The predicted molar refractivity (Wildman–Crippen MR) is 454 cm³/mol. The molecule has 0 spiro atoms. The molecule has 0 heterocycles. The lowest BCUT2D eigenvalue weighted by molar-refractivity contribution is -0.161. The van der Waals surface area contributed by atoms with Crippen LogP contribution in [0.3, 0.4) is 0 Å². The van der Waals surface area contributed by atoms with Crippen molar-refractivity contribution < 1.29 is 75.8 Å². The lowest BCUT2D eigenvalue weighted by Gasteiger charge is -2.21. The molecular formula is C91H156O16P2. The zero-order chi connectivity index (χ0) is 79.4. The minimum absolute atomic E-state index is 0.0791.